The molecule has 0 atom stereocenters. The van der Waals surface area contributed by atoms with Crippen molar-refractivity contribution in [3.63, 3.8) is 0 Å². The van der Waals surface area contributed by atoms with E-state index in [1.807, 2.05) is 30.3 Å². The van der Waals surface area contributed by atoms with E-state index in [1.54, 1.807) is 17.4 Å². The van der Waals surface area contributed by atoms with Gasteiger partial charge in [-0.1, -0.05) is 60.7 Å². The van der Waals surface area contributed by atoms with Gasteiger partial charge in [-0.2, -0.15) is 4.98 Å². The first-order chi connectivity index (χ1) is 18.8. The largest absolute Gasteiger partial charge is 0.507 e. The maximum atomic E-state index is 11.7. The monoisotopic (exact) mass is 560 g/mol. The lowest BCUT2D eigenvalue weighted by Crippen LogP contribution is -2.14. The molecule has 0 amide bonds. The fourth-order valence-electron chi connectivity index (χ4n) is 4.15. The number of hydrogen-bond acceptors (Lipinski definition) is 9. The lowest BCUT2D eigenvalue weighted by atomic mass is 10.1. The number of hydrogen-bond donors (Lipinski definition) is 4. The molecule has 11 heteroatoms. The van der Waals surface area contributed by atoms with E-state index in [9.17, 15) is 13.5 Å². The number of fused-ring (bicyclic) bond motifs is 1. The van der Waals surface area contributed by atoms with Gasteiger partial charge < -0.3 is 15.7 Å². The van der Waals surface area contributed by atoms with Crippen molar-refractivity contribution in [3.05, 3.63) is 95.2 Å². The molecule has 0 aliphatic rings. The Morgan fingerprint density at radius 3 is 2.49 bits per heavy atom. The first-order valence-electron chi connectivity index (χ1n) is 12.4. The Balaban J connectivity index is 1.37. The van der Waals surface area contributed by atoms with Gasteiger partial charge in [0.15, 0.2) is 5.13 Å². The van der Waals surface area contributed by atoms with Crippen molar-refractivity contribution in [2.75, 3.05) is 17.2 Å². The van der Waals surface area contributed by atoms with E-state index >= 15 is 0 Å². The van der Waals surface area contributed by atoms with Crippen molar-refractivity contribution in [2.24, 2.45) is 5.14 Å². The molecule has 0 unspecified atom stereocenters. The standard InChI is InChI=1S/C28H28N6O3S2/c1-2-18-8-10-22-24(15-18)38-28(32-22)34-26-17-21(14-19-6-4-3-5-7-19)31-27(33-26)30-13-12-20-9-11-23(35)25(16-20)39(29,36)37/h3-11,15-17,35H,2,12-14H2,1H3,(H2,29,36,37)(H2,30,31,32,33,34). The summed E-state index contributed by atoms with van der Waals surface area (Å²) in [6, 6.07) is 22.6. The Kier molecular flexibility index (Phi) is 7.73. The smallest absolute Gasteiger partial charge is 0.241 e. The summed E-state index contributed by atoms with van der Waals surface area (Å²) in [4.78, 5) is 13.8. The summed E-state index contributed by atoms with van der Waals surface area (Å²) in [5.41, 5.74) is 4.85. The molecule has 2 heterocycles. The van der Waals surface area contributed by atoms with Crippen LogP contribution in [0, 0.1) is 0 Å². The van der Waals surface area contributed by atoms with Gasteiger partial charge in [0.1, 0.15) is 16.5 Å². The Bertz CT molecular complexity index is 1720. The van der Waals surface area contributed by atoms with Crippen molar-refractivity contribution in [1.82, 2.24) is 15.0 Å². The molecule has 0 aliphatic carbocycles. The summed E-state index contributed by atoms with van der Waals surface area (Å²) in [6.07, 6.45) is 2.06. The van der Waals surface area contributed by atoms with Gasteiger partial charge in [-0.15, -0.1) is 0 Å². The number of aromatic nitrogens is 3. The van der Waals surface area contributed by atoms with E-state index in [0.29, 0.717) is 36.7 Å². The average molecular weight is 561 g/mol. The Hall–Kier alpha value is -4.06. The quantitative estimate of drug-likeness (QED) is 0.187. The molecule has 0 spiro atoms. The maximum absolute atomic E-state index is 11.7. The number of aromatic hydroxyl groups is 1. The molecule has 5 rings (SSSR count). The SMILES string of the molecule is CCc1ccc2nc(Nc3cc(Cc4ccccc4)nc(NCCc4ccc(O)c(S(N)(=O)=O)c4)n3)sc2c1. The average Bonchev–Trinajstić information content (AvgIpc) is 3.30. The number of nitrogens with zero attached hydrogens (tertiary/aromatic N) is 3. The maximum Gasteiger partial charge on any atom is 0.241 e. The molecule has 0 aliphatic heterocycles. The third-order valence-electron chi connectivity index (χ3n) is 6.13. The number of primary sulfonamides is 1. The van der Waals surface area contributed by atoms with Gasteiger partial charge in [0, 0.05) is 19.0 Å². The zero-order chi connectivity index (χ0) is 27.4. The predicted molar refractivity (Wildman–Crippen MR) is 155 cm³/mol. The van der Waals surface area contributed by atoms with Crippen LogP contribution in [0.3, 0.4) is 0 Å². The number of nitrogens with one attached hydrogen (secondary N) is 2. The van der Waals surface area contributed by atoms with E-state index in [2.05, 4.69) is 46.8 Å². The Labute approximate surface area is 230 Å². The summed E-state index contributed by atoms with van der Waals surface area (Å²) in [6.45, 7) is 2.57. The van der Waals surface area contributed by atoms with E-state index in [0.717, 1.165) is 33.0 Å². The van der Waals surface area contributed by atoms with Crippen LogP contribution < -0.4 is 15.8 Å². The van der Waals surface area contributed by atoms with Crippen molar-refractivity contribution in [3.8, 4) is 5.75 Å². The molecule has 5 N–H and O–H groups in total. The summed E-state index contributed by atoms with van der Waals surface area (Å²) < 4.78 is 24.6. The first kappa shape index (κ1) is 26.5. The van der Waals surface area contributed by atoms with E-state index in [4.69, 9.17) is 15.1 Å². The highest BCUT2D eigenvalue weighted by Gasteiger charge is 2.15. The molecule has 0 saturated carbocycles. The first-order valence-corrected chi connectivity index (χ1v) is 14.8. The number of anilines is 3. The Morgan fingerprint density at radius 1 is 0.923 bits per heavy atom. The minimum atomic E-state index is -4.03. The molecule has 0 radical (unpaired) electrons. The number of benzene rings is 3. The van der Waals surface area contributed by atoms with Gasteiger partial charge in [0.05, 0.1) is 15.9 Å². The van der Waals surface area contributed by atoms with Gasteiger partial charge in [-0.05, 0) is 53.8 Å². The molecule has 2 aromatic heterocycles. The molecule has 5 aromatic rings. The number of rotatable bonds is 10. The summed E-state index contributed by atoms with van der Waals surface area (Å²) in [5.74, 6) is 0.683. The van der Waals surface area contributed by atoms with E-state index in [1.165, 1.54) is 17.7 Å². The van der Waals surface area contributed by atoms with Gasteiger partial charge >= 0.3 is 0 Å². The summed E-state index contributed by atoms with van der Waals surface area (Å²) >= 11 is 1.57. The van der Waals surface area contributed by atoms with E-state index < -0.39 is 10.0 Å². The highest BCUT2D eigenvalue weighted by molar-refractivity contribution is 7.89. The highest BCUT2D eigenvalue weighted by atomic mass is 32.2. The van der Waals surface area contributed by atoms with E-state index in [-0.39, 0.29) is 10.6 Å². The summed E-state index contributed by atoms with van der Waals surface area (Å²) in [5, 5.41) is 22.4. The molecule has 0 saturated heterocycles. The predicted octanol–water partition coefficient (Wildman–Crippen LogP) is 4.99. The molecule has 9 nitrogen and oxygen atoms in total. The lowest BCUT2D eigenvalue weighted by Gasteiger charge is -2.11. The van der Waals surface area contributed by atoms with Crippen LogP contribution in [-0.4, -0.2) is 35.0 Å². The van der Waals surface area contributed by atoms with Gasteiger partial charge in [-0.3, -0.25) is 0 Å². The minimum Gasteiger partial charge on any atom is -0.507 e. The number of aryl methyl sites for hydroxylation is 1. The second kappa shape index (κ2) is 11.4. The number of nitrogens with two attached hydrogens (primary N) is 1. The number of sulfonamides is 1. The fraction of sp³-hybridized carbons (Fsp3) is 0.179. The van der Waals surface area contributed by atoms with Crippen LogP contribution in [0.4, 0.5) is 16.9 Å². The number of thiazole rings is 1. The normalized spacial score (nSPS) is 11.5. The topological polar surface area (TPSA) is 143 Å². The summed E-state index contributed by atoms with van der Waals surface area (Å²) in [7, 11) is -4.03. The highest BCUT2D eigenvalue weighted by Crippen LogP contribution is 2.29. The molecule has 0 bridgehead atoms. The molecule has 39 heavy (non-hydrogen) atoms. The van der Waals surface area contributed by atoms with Crippen molar-refractivity contribution in [1.29, 1.82) is 0 Å². The van der Waals surface area contributed by atoms with Crippen LogP contribution in [0.2, 0.25) is 0 Å². The molecular formula is C28H28N6O3S2. The molecule has 200 valence electrons. The molecular weight excluding hydrogens is 532 g/mol. The second-order valence-corrected chi connectivity index (χ2v) is 11.6. The van der Waals surface area contributed by atoms with Crippen LogP contribution >= 0.6 is 11.3 Å². The van der Waals surface area contributed by atoms with Crippen molar-refractivity contribution < 1.29 is 13.5 Å². The van der Waals surface area contributed by atoms with Crippen LogP contribution in [-0.2, 0) is 29.3 Å². The fourth-order valence-corrected chi connectivity index (χ4v) is 5.76. The van der Waals surface area contributed by atoms with Crippen molar-refractivity contribution in [2.45, 2.75) is 31.1 Å². The van der Waals surface area contributed by atoms with Crippen LogP contribution in [0.15, 0.2) is 77.7 Å². The van der Waals surface area contributed by atoms with Gasteiger partial charge in [0.2, 0.25) is 16.0 Å². The van der Waals surface area contributed by atoms with Crippen LogP contribution in [0.5, 0.6) is 5.75 Å². The third kappa shape index (κ3) is 6.69. The second-order valence-electron chi connectivity index (χ2n) is 9.05. The van der Waals surface area contributed by atoms with Crippen LogP contribution in [0.1, 0.15) is 29.3 Å². The van der Waals surface area contributed by atoms with Crippen molar-refractivity contribution >= 4 is 48.5 Å². The van der Waals surface area contributed by atoms with Gasteiger partial charge in [0.25, 0.3) is 0 Å². The van der Waals surface area contributed by atoms with Crippen LogP contribution in [0.25, 0.3) is 10.2 Å². The zero-order valence-corrected chi connectivity index (χ0v) is 22.9. The number of phenols is 1. The molecule has 3 aromatic carbocycles. The third-order valence-corrected chi connectivity index (χ3v) is 8.00. The Morgan fingerprint density at radius 2 is 1.72 bits per heavy atom. The molecule has 0 fully saturated rings. The number of phenolic OH excluding ortho intramolecular Hbond substituents is 1. The lowest BCUT2D eigenvalue weighted by molar-refractivity contribution is 0.458. The zero-order valence-electron chi connectivity index (χ0n) is 21.3. The minimum absolute atomic E-state index is 0.297. The van der Waals surface area contributed by atoms with Gasteiger partial charge in [-0.25, -0.2) is 23.5 Å².